The number of amides is 2. The fraction of sp³-hybridized carbons (Fsp3) is 0.357. The van der Waals surface area contributed by atoms with Crippen LogP contribution in [0.3, 0.4) is 0 Å². The Bertz CT molecular complexity index is 1450. The second-order valence-electron chi connectivity index (χ2n) is 9.31. The van der Waals surface area contributed by atoms with Crippen molar-refractivity contribution in [2.75, 3.05) is 36.5 Å². The van der Waals surface area contributed by atoms with Crippen LogP contribution in [0, 0.1) is 0 Å². The predicted octanol–water partition coefficient (Wildman–Crippen LogP) is 3.14. The molecular weight excluding hydrogens is 488 g/mol. The molecule has 1 fully saturated rings. The lowest BCUT2D eigenvalue weighted by Gasteiger charge is -2.29. The fourth-order valence-corrected chi connectivity index (χ4v) is 4.78. The maximum Gasteiger partial charge on any atom is 0.359 e. The zero-order valence-corrected chi connectivity index (χ0v) is 20.9. The Balaban J connectivity index is 1.49. The number of piperidine rings is 1. The molecule has 3 heterocycles. The maximum absolute atomic E-state index is 13.9. The average molecular weight is 522 g/mol. The minimum Gasteiger partial charge on any atom is -0.497 e. The molecule has 0 saturated carbocycles. The van der Waals surface area contributed by atoms with Gasteiger partial charge in [-0.1, -0.05) is 0 Å². The molecule has 198 valence electrons. The molecule has 1 N–H and O–H groups in total. The van der Waals surface area contributed by atoms with Crippen molar-refractivity contribution in [3.05, 3.63) is 65.5 Å². The number of fused-ring (bicyclic) bond motifs is 1. The van der Waals surface area contributed by atoms with Gasteiger partial charge < -0.3 is 24.4 Å². The topological polar surface area (TPSA) is 114 Å². The molecule has 2 aliphatic heterocycles. The lowest BCUT2D eigenvalue weighted by Crippen LogP contribution is -2.39. The number of esters is 1. The summed E-state index contributed by atoms with van der Waals surface area (Å²) in [6, 6.07) is 13.2. The number of methoxy groups -OCH3 is 1. The van der Waals surface area contributed by atoms with Gasteiger partial charge in [0.2, 0.25) is 5.91 Å². The molecule has 1 aromatic heterocycles. The largest absolute Gasteiger partial charge is 0.497 e. The molecule has 0 bridgehead atoms. The van der Waals surface area contributed by atoms with Crippen LogP contribution in [0.5, 0.6) is 5.75 Å². The van der Waals surface area contributed by atoms with E-state index in [1.807, 2.05) is 12.1 Å². The average Bonchev–Trinajstić information content (AvgIpc) is 3.34. The second kappa shape index (κ2) is 10.7. The maximum atomic E-state index is 13.9. The van der Waals surface area contributed by atoms with Gasteiger partial charge in [-0.25, -0.2) is 9.48 Å². The fourth-order valence-electron chi connectivity index (χ4n) is 4.78. The van der Waals surface area contributed by atoms with Crippen molar-refractivity contribution in [1.29, 1.82) is 0 Å². The van der Waals surface area contributed by atoms with Crippen LogP contribution in [-0.2, 0) is 16.0 Å². The van der Waals surface area contributed by atoms with E-state index in [1.165, 1.54) is 28.9 Å². The summed E-state index contributed by atoms with van der Waals surface area (Å²) in [6.45, 7) is 2.11. The number of rotatable bonds is 7. The van der Waals surface area contributed by atoms with Crippen molar-refractivity contribution in [2.45, 2.75) is 38.7 Å². The third-order valence-corrected chi connectivity index (χ3v) is 6.77. The van der Waals surface area contributed by atoms with Gasteiger partial charge in [0.05, 0.1) is 23.4 Å². The molecule has 0 aliphatic carbocycles. The second-order valence-corrected chi connectivity index (χ2v) is 9.31. The van der Waals surface area contributed by atoms with Gasteiger partial charge in [-0.3, -0.25) is 9.59 Å². The Hall–Kier alpha value is -4.18. The number of hydrogen-bond donors (Lipinski definition) is 1. The number of carbonyl (C=O) groups excluding carboxylic acids is 3. The number of ether oxygens (including phenoxy) is 2. The molecule has 38 heavy (non-hydrogen) atoms. The summed E-state index contributed by atoms with van der Waals surface area (Å²) in [6.07, 6.45) is 1.89. The highest BCUT2D eigenvalue weighted by atomic mass is 16.6. The summed E-state index contributed by atoms with van der Waals surface area (Å²) in [7, 11) is -2.62. The monoisotopic (exact) mass is 521 g/mol. The highest BCUT2D eigenvalue weighted by Crippen LogP contribution is 2.31. The third-order valence-electron chi connectivity index (χ3n) is 6.77. The Labute approximate surface area is 224 Å². The quantitative estimate of drug-likeness (QED) is 0.475. The molecule has 0 spiro atoms. The van der Waals surface area contributed by atoms with Crippen molar-refractivity contribution in [2.24, 2.45) is 0 Å². The van der Waals surface area contributed by atoms with Crippen LogP contribution in [0.25, 0.3) is 5.69 Å². The lowest BCUT2D eigenvalue weighted by atomic mass is 10.0. The van der Waals surface area contributed by atoms with E-state index in [1.54, 1.807) is 28.9 Å². The van der Waals surface area contributed by atoms with Crippen LogP contribution in [0.15, 0.2) is 48.5 Å². The molecule has 1 atom stereocenters. The predicted molar refractivity (Wildman–Crippen MR) is 140 cm³/mol. The minimum absolute atomic E-state index is 0.0323. The number of aromatic nitrogens is 2. The molecule has 3 aromatic rings. The summed E-state index contributed by atoms with van der Waals surface area (Å²) < 4.78 is 33.5. The molecule has 2 amide bonds. The number of benzene rings is 2. The van der Waals surface area contributed by atoms with E-state index in [2.05, 4.69) is 5.10 Å². The van der Waals surface area contributed by atoms with Crippen molar-refractivity contribution in [3.63, 3.8) is 0 Å². The first-order chi connectivity index (χ1) is 19.6. The molecule has 2 aliphatic rings. The normalized spacial score (nSPS) is 17.8. The lowest BCUT2D eigenvalue weighted by molar-refractivity contribution is -0.119. The Kier molecular flexibility index (Phi) is 6.14. The van der Waals surface area contributed by atoms with E-state index < -0.39 is 25.0 Å². The molecule has 5 rings (SSSR count). The minimum atomic E-state index is -2.62. The Morgan fingerprint density at radius 3 is 2.34 bits per heavy atom. The van der Waals surface area contributed by atoms with Gasteiger partial charge >= 0.3 is 5.97 Å². The summed E-state index contributed by atoms with van der Waals surface area (Å²) in [5, 5.41) is 13.8. The zero-order valence-electron chi connectivity index (χ0n) is 23.9. The number of aliphatic hydroxyl groups is 1. The number of hydrogen-bond acceptors (Lipinski definition) is 7. The van der Waals surface area contributed by atoms with Crippen LogP contribution in [0.2, 0.25) is 0 Å². The number of aliphatic hydroxyl groups excluding tert-OH is 1. The summed E-state index contributed by atoms with van der Waals surface area (Å²) in [5.74, 6) is -0.971. The molecule has 1 saturated heterocycles. The van der Waals surface area contributed by atoms with Gasteiger partial charge in [0.1, 0.15) is 17.5 Å². The van der Waals surface area contributed by atoms with Gasteiger partial charge in [-0.15, -0.1) is 0 Å². The Morgan fingerprint density at radius 1 is 1.00 bits per heavy atom. The van der Waals surface area contributed by atoms with E-state index in [9.17, 15) is 19.5 Å². The van der Waals surface area contributed by atoms with Gasteiger partial charge in [0, 0.05) is 36.4 Å². The highest BCUT2D eigenvalue weighted by Gasteiger charge is 2.36. The van der Waals surface area contributed by atoms with Crippen molar-refractivity contribution in [3.8, 4) is 11.4 Å². The van der Waals surface area contributed by atoms with Gasteiger partial charge in [0.15, 0.2) is 5.69 Å². The molecule has 10 heteroatoms. The van der Waals surface area contributed by atoms with E-state index in [0.717, 1.165) is 18.5 Å². The van der Waals surface area contributed by atoms with Crippen LogP contribution in [0.1, 0.15) is 56.8 Å². The zero-order chi connectivity index (χ0) is 29.3. The SMILES string of the molecule is [2H]C([2H])([2H])Oc1ccc(-n2nc(C(=O)OC(C)CO)c3c2C(=O)N(c2ccc(N4CCCCC4=O)cc2)CC3)cc1. The van der Waals surface area contributed by atoms with Crippen LogP contribution in [0.4, 0.5) is 11.4 Å². The van der Waals surface area contributed by atoms with Gasteiger partial charge in [-0.05, 0) is 74.7 Å². The van der Waals surface area contributed by atoms with Crippen LogP contribution >= 0.6 is 0 Å². The van der Waals surface area contributed by atoms with E-state index in [4.69, 9.17) is 13.6 Å². The number of carbonyl (C=O) groups is 3. The first-order valence-corrected chi connectivity index (χ1v) is 12.5. The smallest absolute Gasteiger partial charge is 0.359 e. The molecule has 10 nitrogen and oxygen atoms in total. The van der Waals surface area contributed by atoms with E-state index in [0.29, 0.717) is 36.3 Å². The summed E-state index contributed by atoms with van der Waals surface area (Å²) >= 11 is 0. The standard InChI is InChI=1S/C28H30N4O6/c1-18(17-33)38-28(36)25-23-14-16-31(20-8-6-19(7-9-20)30-15-4-3-5-24(30)34)27(35)26(23)32(29-25)21-10-12-22(37-2)13-11-21/h6-13,18,33H,3-5,14-17H2,1-2H3/i2D3. The number of nitrogens with zero attached hydrogens (tertiary/aromatic N) is 4. The van der Waals surface area contributed by atoms with E-state index >= 15 is 0 Å². The van der Waals surface area contributed by atoms with Crippen LogP contribution in [-0.4, -0.2) is 65.5 Å². The Morgan fingerprint density at radius 2 is 1.68 bits per heavy atom. The summed E-state index contributed by atoms with van der Waals surface area (Å²) in [4.78, 5) is 42.6. The van der Waals surface area contributed by atoms with Crippen LogP contribution < -0.4 is 14.5 Å². The number of anilines is 2. The molecule has 2 aromatic carbocycles. The van der Waals surface area contributed by atoms with E-state index in [-0.39, 0.29) is 36.2 Å². The molecule has 0 radical (unpaired) electrons. The van der Waals surface area contributed by atoms with Crippen molar-refractivity contribution in [1.82, 2.24) is 9.78 Å². The highest BCUT2D eigenvalue weighted by molar-refractivity contribution is 6.09. The van der Waals surface area contributed by atoms with Gasteiger partial charge in [0.25, 0.3) is 5.91 Å². The van der Waals surface area contributed by atoms with Crippen molar-refractivity contribution >= 4 is 29.2 Å². The van der Waals surface area contributed by atoms with Crippen molar-refractivity contribution < 1.29 is 33.1 Å². The van der Waals surface area contributed by atoms with Gasteiger partial charge in [-0.2, -0.15) is 5.10 Å². The first kappa shape index (κ1) is 21.9. The third kappa shape index (κ3) is 4.74. The first-order valence-electron chi connectivity index (χ1n) is 14.0. The molecular formula is C28H30N4O6. The molecule has 1 unspecified atom stereocenters. The summed E-state index contributed by atoms with van der Waals surface area (Å²) in [5.41, 5.74) is 2.36.